The van der Waals surface area contributed by atoms with Crippen molar-refractivity contribution in [3.05, 3.63) is 57.8 Å². The number of allylic oxidation sites excluding steroid dienone is 1. The molecule has 23 heavy (non-hydrogen) atoms. The average Bonchev–Trinajstić information content (AvgIpc) is 2.58. The fourth-order valence-corrected chi connectivity index (χ4v) is 2.82. The van der Waals surface area contributed by atoms with Crippen LogP contribution in [0.2, 0.25) is 0 Å². The molecule has 0 aromatic heterocycles. The molecule has 1 N–H and O–H groups in total. The molecule has 0 aliphatic carbocycles. The third-order valence-electron chi connectivity index (χ3n) is 3.96. The minimum Gasteiger partial charge on any atom is -0.510 e. The summed E-state index contributed by atoms with van der Waals surface area (Å²) in [5.41, 5.74) is 9.14. The number of rotatable bonds is 4. The predicted molar refractivity (Wildman–Crippen MR) is 78.7 cm³/mol. The van der Waals surface area contributed by atoms with Gasteiger partial charge in [0.1, 0.15) is 18.4 Å². The minimum absolute atomic E-state index is 0.0446. The van der Waals surface area contributed by atoms with Crippen molar-refractivity contribution in [1.29, 1.82) is 0 Å². The first kappa shape index (κ1) is 14.9. The van der Waals surface area contributed by atoms with Crippen LogP contribution in [0.3, 0.4) is 0 Å². The monoisotopic (exact) mass is 314 g/mol. The van der Waals surface area contributed by atoms with Gasteiger partial charge in [-0.3, -0.25) is 9.69 Å². The third-order valence-corrected chi connectivity index (χ3v) is 3.96. The summed E-state index contributed by atoms with van der Waals surface area (Å²) in [4.78, 5) is 28.1. The van der Waals surface area contributed by atoms with Crippen LogP contribution < -0.4 is 0 Å². The Hall–Kier alpha value is -2.99. The van der Waals surface area contributed by atoms with Crippen LogP contribution in [0, 0.1) is 0 Å². The van der Waals surface area contributed by atoms with Gasteiger partial charge in [0.15, 0.2) is 5.70 Å². The number of azide groups is 1. The Morgan fingerprint density at radius 2 is 2.17 bits per heavy atom. The van der Waals surface area contributed by atoms with Crippen molar-refractivity contribution in [2.45, 2.75) is 31.5 Å². The molecule has 2 aliphatic rings. The summed E-state index contributed by atoms with van der Waals surface area (Å²) in [5, 5.41) is 13.4. The molecule has 1 saturated heterocycles. The summed E-state index contributed by atoms with van der Waals surface area (Å²) in [7, 11) is 0. The van der Waals surface area contributed by atoms with Crippen LogP contribution in [0.15, 0.2) is 46.9 Å². The third kappa shape index (κ3) is 2.60. The first-order valence-corrected chi connectivity index (χ1v) is 7.14. The van der Waals surface area contributed by atoms with Crippen molar-refractivity contribution in [3.8, 4) is 0 Å². The van der Waals surface area contributed by atoms with E-state index in [0.29, 0.717) is 6.42 Å². The van der Waals surface area contributed by atoms with Gasteiger partial charge >= 0.3 is 5.97 Å². The molecule has 1 fully saturated rings. The summed E-state index contributed by atoms with van der Waals surface area (Å²) in [5.74, 6) is -1.43. The Bertz CT molecular complexity index is 724. The highest BCUT2D eigenvalue weighted by Crippen LogP contribution is 2.37. The van der Waals surface area contributed by atoms with Crippen LogP contribution in [-0.4, -0.2) is 34.0 Å². The van der Waals surface area contributed by atoms with Gasteiger partial charge in [-0.15, -0.1) is 0 Å². The topological polar surface area (TPSA) is 116 Å². The van der Waals surface area contributed by atoms with E-state index >= 15 is 0 Å². The standard InChI is InChI=1S/C15H14N4O4/c16-18-17-12-10-6-7-11(20)13(19(10)14(12)21)15(22)23-8-9-4-2-1-3-5-9/h1-5,10,12,20H,6-8H2/t10-,12-/m1/s1. The van der Waals surface area contributed by atoms with E-state index in [1.807, 2.05) is 18.2 Å². The summed E-state index contributed by atoms with van der Waals surface area (Å²) >= 11 is 0. The maximum Gasteiger partial charge on any atom is 0.358 e. The van der Waals surface area contributed by atoms with E-state index in [-0.39, 0.29) is 24.5 Å². The van der Waals surface area contributed by atoms with Gasteiger partial charge in [0.05, 0.1) is 6.04 Å². The molecule has 1 aromatic rings. The van der Waals surface area contributed by atoms with Crippen LogP contribution in [0.1, 0.15) is 18.4 Å². The highest BCUT2D eigenvalue weighted by atomic mass is 16.5. The van der Waals surface area contributed by atoms with E-state index in [4.69, 9.17) is 10.3 Å². The second-order valence-electron chi connectivity index (χ2n) is 5.32. The van der Waals surface area contributed by atoms with Gasteiger partial charge in [-0.2, -0.15) is 0 Å². The maximum absolute atomic E-state index is 12.2. The zero-order valence-electron chi connectivity index (χ0n) is 12.1. The molecule has 2 heterocycles. The van der Waals surface area contributed by atoms with Crippen molar-refractivity contribution in [1.82, 2.24) is 4.90 Å². The number of esters is 1. The van der Waals surface area contributed by atoms with Crippen LogP contribution >= 0.6 is 0 Å². The molecule has 1 aromatic carbocycles. The Morgan fingerprint density at radius 3 is 2.87 bits per heavy atom. The highest BCUT2D eigenvalue weighted by molar-refractivity contribution is 6.00. The quantitative estimate of drug-likeness (QED) is 0.301. The molecule has 3 rings (SSSR count). The molecule has 8 heteroatoms. The van der Waals surface area contributed by atoms with Gasteiger partial charge in [0, 0.05) is 11.3 Å². The van der Waals surface area contributed by atoms with Crippen molar-refractivity contribution in [2.24, 2.45) is 5.11 Å². The normalized spacial score (nSPS) is 22.8. The van der Waals surface area contributed by atoms with Gasteiger partial charge in [0.25, 0.3) is 0 Å². The largest absolute Gasteiger partial charge is 0.510 e. The fourth-order valence-electron chi connectivity index (χ4n) is 2.82. The lowest BCUT2D eigenvalue weighted by atomic mass is 9.86. The second-order valence-corrected chi connectivity index (χ2v) is 5.32. The molecular formula is C15H14N4O4. The minimum atomic E-state index is -0.815. The molecule has 0 radical (unpaired) electrons. The number of ether oxygens (including phenoxy) is 1. The van der Waals surface area contributed by atoms with Crippen molar-refractivity contribution < 1.29 is 19.4 Å². The Kier molecular flexibility index (Phi) is 3.91. The van der Waals surface area contributed by atoms with Gasteiger partial charge < -0.3 is 9.84 Å². The van der Waals surface area contributed by atoms with Crippen LogP contribution in [0.5, 0.6) is 0 Å². The molecular weight excluding hydrogens is 300 g/mol. The summed E-state index contributed by atoms with van der Waals surface area (Å²) in [6, 6.07) is 7.88. The number of nitrogens with zero attached hydrogens (tertiary/aromatic N) is 4. The highest BCUT2D eigenvalue weighted by Gasteiger charge is 2.53. The number of benzene rings is 1. The number of carbonyl (C=O) groups excluding carboxylic acids is 2. The van der Waals surface area contributed by atoms with E-state index in [1.165, 1.54) is 4.90 Å². The van der Waals surface area contributed by atoms with E-state index in [2.05, 4.69) is 10.0 Å². The fraction of sp³-hybridized carbons (Fsp3) is 0.333. The van der Waals surface area contributed by atoms with Crippen molar-refractivity contribution in [2.75, 3.05) is 0 Å². The molecule has 2 atom stereocenters. The van der Waals surface area contributed by atoms with Crippen LogP contribution in [-0.2, 0) is 20.9 Å². The van der Waals surface area contributed by atoms with E-state index in [9.17, 15) is 14.7 Å². The van der Waals surface area contributed by atoms with E-state index in [0.717, 1.165) is 5.56 Å². The number of aliphatic hydroxyl groups excluding tert-OH is 1. The lowest BCUT2D eigenvalue weighted by Gasteiger charge is -2.47. The number of hydrogen-bond acceptors (Lipinski definition) is 5. The summed E-state index contributed by atoms with van der Waals surface area (Å²) < 4.78 is 5.18. The summed E-state index contributed by atoms with van der Waals surface area (Å²) in [6.07, 6.45) is 0.679. The van der Waals surface area contributed by atoms with Crippen LogP contribution in [0.25, 0.3) is 10.4 Å². The summed E-state index contributed by atoms with van der Waals surface area (Å²) in [6.45, 7) is 0.0446. The maximum atomic E-state index is 12.2. The zero-order chi connectivity index (χ0) is 16.4. The van der Waals surface area contributed by atoms with Crippen molar-refractivity contribution >= 4 is 11.9 Å². The van der Waals surface area contributed by atoms with E-state index < -0.39 is 24.0 Å². The van der Waals surface area contributed by atoms with Gasteiger partial charge in [0.2, 0.25) is 5.91 Å². The number of amides is 1. The SMILES string of the molecule is [N-]=[N+]=N[C@H]1C(=O)N2C(C(=O)OCc3ccccc3)=C(O)CC[C@H]12. The van der Waals surface area contributed by atoms with Gasteiger partial charge in [-0.25, -0.2) is 4.79 Å². The molecule has 0 saturated carbocycles. The zero-order valence-corrected chi connectivity index (χ0v) is 12.1. The molecule has 0 unspecified atom stereocenters. The Balaban J connectivity index is 1.74. The second kappa shape index (κ2) is 6.02. The predicted octanol–water partition coefficient (Wildman–Crippen LogP) is 2.18. The van der Waals surface area contributed by atoms with Gasteiger partial charge in [-0.1, -0.05) is 35.4 Å². The lowest BCUT2D eigenvalue weighted by Crippen LogP contribution is -2.65. The lowest BCUT2D eigenvalue weighted by molar-refractivity contribution is -0.156. The Labute approximate surface area is 131 Å². The first-order valence-electron chi connectivity index (χ1n) is 7.14. The smallest absolute Gasteiger partial charge is 0.358 e. The van der Waals surface area contributed by atoms with Gasteiger partial charge in [-0.05, 0) is 17.5 Å². The first-order chi connectivity index (χ1) is 11.1. The molecule has 0 spiro atoms. The molecule has 1 amide bonds. The molecule has 8 nitrogen and oxygen atoms in total. The van der Waals surface area contributed by atoms with Crippen molar-refractivity contribution in [3.63, 3.8) is 0 Å². The van der Waals surface area contributed by atoms with E-state index in [1.54, 1.807) is 12.1 Å². The Morgan fingerprint density at radius 1 is 1.43 bits per heavy atom. The molecule has 2 aliphatic heterocycles. The number of aliphatic hydroxyl groups is 1. The average molecular weight is 314 g/mol. The molecule has 118 valence electrons. The number of fused-ring (bicyclic) bond motifs is 1. The number of hydrogen-bond donors (Lipinski definition) is 1. The van der Waals surface area contributed by atoms with Crippen LogP contribution in [0.4, 0.5) is 0 Å². The number of carbonyl (C=O) groups is 2. The molecule has 0 bridgehead atoms. The number of β-lactam (4-membered cyclic amide) rings is 1.